The minimum Gasteiger partial charge on any atom is -0.361 e. The third-order valence-electron chi connectivity index (χ3n) is 5.60. The van der Waals surface area contributed by atoms with E-state index in [2.05, 4.69) is 44.6 Å². The van der Waals surface area contributed by atoms with Crippen LogP contribution in [-0.4, -0.2) is 20.4 Å². The monoisotopic (exact) mass is 467 g/mol. The first-order chi connectivity index (χ1) is 12.3. The molecule has 6 heteroatoms. The number of halogens is 2. The van der Waals surface area contributed by atoms with Crippen LogP contribution in [0.1, 0.15) is 44.1 Å². The molecule has 0 aliphatic heterocycles. The number of hydrogen-bond acceptors (Lipinski definition) is 3. The second-order valence-corrected chi connectivity index (χ2v) is 8.94. The van der Waals surface area contributed by atoms with Crippen LogP contribution in [0.25, 0.3) is 22.2 Å². The summed E-state index contributed by atoms with van der Waals surface area (Å²) in [5.74, 6) is 1.33. The van der Waals surface area contributed by atoms with Crippen molar-refractivity contribution in [1.29, 1.82) is 0 Å². The van der Waals surface area contributed by atoms with Crippen LogP contribution in [0, 0.1) is 23.3 Å². The molecule has 0 atom stereocenters. The van der Waals surface area contributed by atoms with Crippen molar-refractivity contribution in [3.05, 3.63) is 33.5 Å². The van der Waals surface area contributed by atoms with Crippen molar-refractivity contribution in [2.45, 2.75) is 58.7 Å². The minimum absolute atomic E-state index is 0.521. The van der Waals surface area contributed by atoms with E-state index >= 15 is 0 Å². The molecule has 3 aromatic rings. The summed E-state index contributed by atoms with van der Waals surface area (Å²) in [5, 5.41) is 4.06. The van der Waals surface area contributed by atoms with Gasteiger partial charge in [-0.05, 0) is 81.0 Å². The van der Waals surface area contributed by atoms with Gasteiger partial charge in [-0.1, -0.05) is 5.16 Å². The molecule has 4 rings (SSSR count). The molecule has 1 saturated carbocycles. The number of nitrogens with zero attached hydrogens (tertiary/aromatic N) is 3. The summed E-state index contributed by atoms with van der Waals surface area (Å²) in [7, 11) is 0. The predicted octanol–water partition coefficient (Wildman–Crippen LogP) is 5.83. The average Bonchev–Trinajstić information content (AvgIpc) is 3.09. The molecule has 1 aliphatic carbocycles. The summed E-state index contributed by atoms with van der Waals surface area (Å²) in [5.41, 5.74) is 4.10. The topological polar surface area (TPSA) is 43.9 Å². The second kappa shape index (κ2) is 6.62. The van der Waals surface area contributed by atoms with Crippen molar-refractivity contribution >= 4 is 33.6 Å². The largest absolute Gasteiger partial charge is 0.361 e. The SMILES string of the molecule is Cc1noc(C)c1-c1cnc2c(I)cn(CC3CCC(C)(F)CC3)c2c1. The Morgan fingerprint density at radius 3 is 2.73 bits per heavy atom. The lowest BCUT2D eigenvalue weighted by Gasteiger charge is -2.31. The zero-order valence-electron chi connectivity index (χ0n) is 15.4. The van der Waals surface area contributed by atoms with Gasteiger partial charge in [-0.3, -0.25) is 4.98 Å². The first-order valence-corrected chi connectivity index (χ1v) is 10.2. The first kappa shape index (κ1) is 17.9. The number of hydrogen-bond donors (Lipinski definition) is 0. The molecule has 3 heterocycles. The highest BCUT2D eigenvalue weighted by Gasteiger charge is 2.31. The summed E-state index contributed by atoms with van der Waals surface area (Å²) in [6.45, 7) is 6.53. The fraction of sp³-hybridized carbons (Fsp3) is 0.500. The van der Waals surface area contributed by atoms with Crippen LogP contribution in [0.15, 0.2) is 23.0 Å². The van der Waals surface area contributed by atoms with Gasteiger partial charge in [0.2, 0.25) is 0 Å². The maximum absolute atomic E-state index is 14.1. The van der Waals surface area contributed by atoms with E-state index in [9.17, 15) is 4.39 Å². The van der Waals surface area contributed by atoms with Gasteiger partial charge in [0.1, 0.15) is 16.9 Å². The van der Waals surface area contributed by atoms with Crippen LogP contribution < -0.4 is 0 Å². The van der Waals surface area contributed by atoms with Crippen molar-refractivity contribution in [3.8, 4) is 11.1 Å². The van der Waals surface area contributed by atoms with E-state index in [1.165, 1.54) is 0 Å². The molecule has 0 N–H and O–H groups in total. The predicted molar refractivity (Wildman–Crippen MR) is 109 cm³/mol. The molecule has 0 amide bonds. The highest BCUT2D eigenvalue weighted by atomic mass is 127. The molecular weight excluding hydrogens is 444 g/mol. The number of aryl methyl sites for hydroxylation is 2. The zero-order chi connectivity index (χ0) is 18.5. The van der Waals surface area contributed by atoms with Gasteiger partial charge in [0.25, 0.3) is 0 Å². The van der Waals surface area contributed by atoms with E-state index in [0.29, 0.717) is 18.8 Å². The summed E-state index contributed by atoms with van der Waals surface area (Å²) >= 11 is 2.34. The second-order valence-electron chi connectivity index (χ2n) is 7.78. The Morgan fingerprint density at radius 2 is 2.08 bits per heavy atom. The molecule has 0 radical (unpaired) electrons. The van der Waals surface area contributed by atoms with Crippen LogP contribution in [0.3, 0.4) is 0 Å². The summed E-state index contributed by atoms with van der Waals surface area (Å²) in [6.07, 6.45) is 7.28. The first-order valence-electron chi connectivity index (χ1n) is 9.10. The van der Waals surface area contributed by atoms with Crippen LogP contribution >= 0.6 is 22.6 Å². The number of fused-ring (bicyclic) bond motifs is 1. The van der Waals surface area contributed by atoms with Crippen molar-refractivity contribution in [3.63, 3.8) is 0 Å². The third-order valence-corrected chi connectivity index (χ3v) is 6.39. The molecule has 0 aromatic carbocycles. The molecule has 0 bridgehead atoms. The summed E-state index contributed by atoms with van der Waals surface area (Å²) in [6, 6.07) is 2.18. The van der Waals surface area contributed by atoms with Crippen LogP contribution in [0.2, 0.25) is 0 Å². The van der Waals surface area contributed by atoms with Crippen molar-refractivity contribution in [2.24, 2.45) is 5.92 Å². The maximum Gasteiger partial charge on any atom is 0.141 e. The van der Waals surface area contributed by atoms with Gasteiger partial charge in [-0.2, -0.15) is 0 Å². The Morgan fingerprint density at radius 1 is 1.35 bits per heavy atom. The zero-order valence-corrected chi connectivity index (χ0v) is 17.5. The number of pyridine rings is 1. The molecule has 1 fully saturated rings. The fourth-order valence-electron chi connectivity index (χ4n) is 4.05. The maximum atomic E-state index is 14.1. The standard InChI is InChI=1S/C20H23FIN3O/c1-12-18(13(2)26-24-12)15-8-17-19(23-9-15)16(22)11-25(17)10-14-4-6-20(3,21)7-5-14/h8-9,11,14H,4-7,10H2,1-3H3. The smallest absolute Gasteiger partial charge is 0.141 e. The van der Waals surface area contributed by atoms with Crippen LogP contribution in [0.4, 0.5) is 4.39 Å². The van der Waals surface area contributed by atoms with Gasteiger partial charge in [0.15, 0.2) is 0 Å². The minimum atomic E-state index is -0.984. The Hall–Kier alpha value is -1.44. The molecule has 26 heavy (non-hydrogen) atoms. The fourth-order valence-corrected chi connectivity index (χ4v) is 4.80. The van der Waals surface area contributed by atoms with Gasteiger partial charge in [-0.15, -0.1) is 0 Å². The quantitative estimate of drug-likeness (QED) is 0.456. The summed E-state index contributed by atoms with van der Waals surface area (Å²) in [4.78, 5) is 4.70. The van der Waals surface area contributed by atoms with Crippen molar-refractivity contribution < 1.29 is 8.91 Å². The summed E-state index contributed by atoms with van der Waals surface area (Å²) < 4.78 is 22.8. The molecule has 0 spiro atoms. The Balaban J connectivity index is 1.68. The van der Waals surface area contributed by atoms with Crippen molar-refractivity contribution in [1.82, 2.24) is 14.7 Å². The van der Waals surface area contributed by atoms with E-state index in [-0.39, 0.29) is 0 Å². The highest BCUT2D eigenvalue weighted by Crippen LogP contribution is 2.36. The molecule has 0 saturated heterocycles. The molecule has 138 valence electrons. The normalized spacial score (nSPS) is 23.7. The number of alkyl halides is 1. The molecule has 4 nitrogen and oxygen atoms in total. The van der Waals surface area contributed by atoms with Gasteiger partial charge in [-0.25, -0.2) is 4.39 Å². The van der Waals surface area contributed by atoms with Gasteiger partial charge in [0, 0.05) is 30.1 Å². The van der Waals surface area contributed by atoms with Gasteiger partial charge >= 0.3 is 0 Å². The van der Waals surface area contributed by atoms with E-state index in [0.717, 1.165) is 56.6 Å². The van der Waals surface area contributed by atoms with Gasteiger partial charge < -0.3 is 9.09 Å². The highest BCUT2D eigenvalue weighted by molar-refractivity contribution is 14.1. The molecule has 3 aromatic heterocycles. The van der Waals surface area contributed by atoms with Gasteiger partial charge in [0.05, 0.1) is 14.8 Å². The number of aromatic nitrogens is 3. The van der Waals surface area contributed by atoms with E-state index in [4.69, 9.17) is 9.51 Å². The van der Waals surface area contributed by atoms with Crippen molar-refractivity contribution in [2.75, 3.05) is 0 Å². The molecule has 0 unspecified atom stereocenters. The number of rotatable bonds is 3. The lowest BCUT2D eigenvalue weighted by Crippen LogP contribution is -2.27. The Kier molecular flexibility index (Phi) is 4.57. The lowest BCUT2D eigenvalue weighted by molar-refractivity contribution is 0.0984. The average molecular weight is 467 g/mol. The van der Waals surface area contributed by atoms with E-state index in [1.807, 2.05) is 20.0 Å². The van der Waals surface area contributed by atoms with E-state index in [1.54, 1.807) is 6.92 Å². The lowest BCUT2D eigenvalue weighted by atomic mass is 9.81. The molecular formula is C20H23FIN3O. The van der Waals surface area contributed by atoms with E-state index < -0.39 is 5.67 Å². The Labute approximate surface area is 166 Å². The molecule has 1 aliphatic rings. The van der Waals surface area contributed by atoms with Crippen LogP contribution in [-0.2, 0) is 6.54 Å². The third kappa shape index (κ3) is 3.28. The van der Waals surface area contributed by atoms with Crippen LogP contribution in [0.5, 0.6) is 0 Å². The Bertz CT molecular complexity index is 930.